The third kappa shape index (κ3) is 5.85. The second kappa shape index (κ2) is 8.14. The fourth-order valence-electron chi connectivity index (χ4n) is 2.20. The molecule has 0 bridgehead atoms. The van der Waals surface area contributed by atoms with Gasteiger partial charge in [0.25, 0.3) is 0 Å². The van der Waals surface area contributed by atoms with Crippen molar-refractivity contribution in [2.24, 2.45) is 5.92 Å². The van der Waals surface area contributed by atoms with Crippen LogP contribution in [-0.4, -0.2) is 60.8 Å². The van der Waals surface area contributed by atoms with Gasteiger partial charge in [0.05, 0.1) is 13.2 Å². The van der Waals surface area contributed by atoms with E-state index in [2.05, 4.69) is 39.3 Å². The van der Waals surface area contributed by atoms with Gasteiger partial charge in [-0.2, -0.15) is 4.98 Å². The molecule has 0 aromatic carbocycles. The van der Waals surface area contributed by atoms with Crippen molar-refractivity contribution in [1.29, 1.82) is 0 Å². The average molecular weight is 293 g/mol. The number of nitrogens with zero attached hydrogens (tertiary/aromatic N) is 3. The Morgan fingerprint density at radius 2 is 2.00 bits per heavy atom. The maximum atomic E-state index is 5.35. The lowest BCUT2D eigenvalue weighted by Crippen LogP contribution is -2.39. The quantitative estimate of drug-likeness (QED) is 0.796. The van der Waals surface area contributed by atoms with Crippen LogP contribution in [0.3, 0.4) is 0 Å². The summed E-state index contributed by atoms with van der Waals surface area (Å²) < 4.78 is 5.35. The van der Waals surface area contributed by atoms with Gasteiger partial charge in [0.2, 0.25) is 5.95 Å². The molecule has 6 nitrogen and oxygen atoms in total. The van der Waals surface area contributed by atoms with Gasteiger partial charge in [0.1, 0.15) is 5.82 Å². The zero-order chi connectivity index (χ0) is 15.1. The summed E-state index contributed by atoms with van der Waals surface area (Å²) in [4.78, 5) is 11.3. The molecule has 0 saturated carbocycles. The highest BCUT2D eigenvalue weighted by molar-refractivity contribution is 5.42. The minimum absolute atomic E-state index is 0.576. The Hall–Kier alpha value is -1.40. The van der Waals surface area contributed by atoms with Crippen molar-refractivity contribution < 1.29 is 4.74 Å². The van der Waals surface area contributed by atoms with Crippen molar-refractivity contribution in [2.45, 2.75) is 20.8 Å². The highest BCUT2D eigenvalue weighted by Gasteiger charge is 2.09. The smallest absolute Gasteiger partial charge is 0.224 e. The summed E-state index contributed by atoms with van der Waals surface area (Å²) in [5.41, 5.74) is 0.977. The summed E-state index contributed by atoms with van der Waals surface area (Å²) in [6.45, 7) is 12.9. The molecule has 6 heteroatoms. The number of aryl methyl sites for hydroxylation is 1. The van der Waals surface area contributed by atoms with E-state index in [0.717, 1.165) is 57.4 Å². The molecule has 21 heavy (non-hydrogen) atoms. The maximum absolute atomic E-state index is 5.35. The molecule has 2 rings (SSSR count). The summed E-state index contributed by atoms with van der Waals surface area (Å²) in [5, 5.41) is 6.66. The van der Waals surface area contributed by atoms with E-state index in [-0.39, 0.29) is 0 Å². The van der Waals surface area contributed by atoms with Crippen LogP contribution in [0.1, 0.15) is 19.5 Å². The molecule has 0 spiro atoms. The first-order valence-corrected chi connectivity index (χ1v) is 7.77. The maximum Gasteiger partial charge on any atom is 0.224 e. The second-order valence-corrected chi connectivity index (χ2v) is 5.87. The molecule has 1 aromatic heterocycles. The second-order valence-electron chi connectivity index (χ2n) is 5.87. The van der Waals surface area contributed by atoms with Crippen LogP contribution in [0.4, 0.5) is 11.8 Å². The van der Waals surface area contributed by atoms with E-state index in [1.807, 2.05) is 13.0 Å². The van der Waals surface area contributed by atoms with Gasteiger partial charge >= 0.3 is 0 Å². The third-order valence-electron chi connectivity index (χ3n) is 3.36. The van der Waals surface area contributed by atoms with Gasteiger partial charge in [0.15, 0.2) is 0 Å². The van der Waals surface area contributed by atoms with Crippen molar-refractivity contribution in [3.63, 3.8) is 0 Å². The van der Waals surface area contributed by atoms with Crippen LogP contribution >= 0.6 is 0 Å². The predicted octanol–water partition coefficient (Wildman–Crippen LogP) is 1.60. The van der Waals surface area contributed by atoms with Gasteiger partial charge < -0.3 is 15.4 Å². The van der Waals surface area contributed by atoms with E-state index in [4.69, 9.17) is 4.74 Å². The monoisotopic (exact) mass is 293 g/mol. The Morgan fingerprint density at radius 3 is 2.71 bits per heavy atom. The lowest BCUT2D eigenvalue weighted by Gasteiger charge is -2.26. The van der Waals surface area contributed by atoms with Crippen LogP contribution in [0.15, 0.2) is 6.07 Å². The molecular formula is C15H27N5O. The standard InChI is InChI=1S/C15H27N5O/c1-12(2)11-17-15-18-13(3)10-14(19-15)16-4-5-20-6-8-21-9-7-20/h10,12H,4-9,11H2,1-3H3,(H2,16,17,18,19). The lowest BCUT2D eigenvalue weighted by atomic mass is 10.2. The fourth-order valence-corrected chi connectivity index (χ4v) is 2.20. The topological polar surface area (TPSA) is 62.3 Å². The molecule has 1 aliphatic heterocycles. The Labute approximate surface area is 127 Å². The summed E-state index contributed by atoms with van der Waals surface area (Å²) >= 11 is 0. The number of morpholine rings is 1. The van der Waals surface area contributed by atoms with Crippen LogP contribution < -0.4 is 10.6 Å². The first-order valence-electron chi connectivity index (χ1n) is 7.77. The number of nitrogens with one attached hydrogen (secondary N) is 2. The number of ether oxygens (including phenoxy) is 1. The van der Waals surface area contributed by atoms with Crippen molar-refractivity contribution in [3.05, 3.63) is 11.8 Å². The first-order chi connectivity index (χ1) is 10.1. The average Bonchev–Trinajstić information content (AvgIpc) is 2.46. The molecule has 2 heterocycles. The number of anilines is 2. The van der Waals surface area contributed by atoms with Crippen LogP contribution in [-0.2, 0) is 4.74 Å². The zero-order valence-electron chi connectivity index (χ0n) is 13.4. The lowest BCUT2D eigenvalue weighted by molar-refractivity contribution is 0.0398. The van der Waals surface area contributed by atoms with Crippen LogP contribution in [0.2, 0.25) is 0 Å². The van der Waals surface area contributed by atoms with Crippen LogP contribution in [0.25, 0.3) is 0 Å². The highest BCUT2D eigenvalue weighted by atomic mass is 16.5. The minimum Gasteiger partial charge on any atom is -0.379 e. The van der Waals surface area contributed by atoms with Gasteiger partial charge in [0, 0.05) is 44.5 Å². The summed E-state index contributed by atoms with van der Waals surface area (Å²) in [6.07, 6.45) is 0. The Morgan fingerprint density at radius 1 is 1.24 bits per heavy atom. The number of hydrogen-bond acceptors (Lipinski definition) is 6. The van der Waals surface area contributed by atoms with Crippen molar-refractivity contribution in [3.8, 4) is 0 Å². The Balaban J connectivity index is 1.81. The van der Waals surface area contributed by atoms with Gasteiger partial charge in [-0.15, -0.1) is 0 Å². The molecular weight excluding hydrogens is 266 g/mol. The molecule has 0 aliphatic carbocycles. The summed E-state index contributed by atoms with van der Waals surface area (Å²) in [7, 11) is 0. The third-order valence-corrected chi connectivity index (χ3v) is 3.36. The van der Waals surface area contributed by atoms with E-state index < -0.39 is 0 Å². The van der Waals surface area contributed by atoms with Crippen LogP contribution in [0, 0.1) is 12.8 Å². The minimum atomic E-state index is 0.576. The van der Waals surface area contributed by atoms with E-state index in [1.165, 1.54) is 0 Å². The number of aromatic nitrogens is 2. The normalized spacial score (nSPS) is 16.2. The molecule has 118 valence electrons. The van der Waals surface area contributed by atoms with E-state index in [1.54, 1.807) is 0 Å². The molecule has 0 amide bonds. The molecule has 1 aliphatic rings. The van der Waals surface area contributed by atoms with Crippen molar-refractivity contribution in [2.75, 3.05) is 56.6 Å². The molecule has 0 radical (unpaired) electrons. The highest BCUT2D eigenvalue weighted by Crippen LogP contribution is 2.10. The number of hydrogen-bond donors (Lipinski definition) is 2. The number of rotatable bonds is 7. The SMILES string of the molecule is Cc1cc(NCCN2CCOCC2)nc(NCC(C)C)n1. The van der Waals surface area contributed by atoms with Gasteiger partial charge in [-0.3, -0.25) is 4.90 Å². The zero-order valence-corrected chi connectivity index (χ0v) is 13.4. The summed E-state index contributed by atoms with van der Waals surface area (Å²) in [5.74, 6) is 2.17. The fraction of sp³-hybridized carbons (Fsp3) is 0.733. The van der Waals surface area contributed by atoms with E-state index >= 15 is 0 Å². The van der Waals surface area contributed by atoms with E-state index in [9.17, 15) is 0 Å². The predicted molar refractivity (Wildman–Crippen MR) is 85.8 cm³/mol. The Bertz CT molecular complexity index is 432. The largest absolute Gasteiger partial charge is 0.379 e. The van der Waals surface area contributed by atoms with Gasteiger partial charge in [-0.1, -0.05) is 13.8 Å². The van der Waals surface area contributed by atoms with Gasteiger partial charge in [-0.05, 0) is 12.8 Å². The van der Waals surface area contributed by atoms with Crippen molar-refractivity contribution in [1.82, 2.24) is 14.9 Å². The van der Waals surface area contributed by atoms with Gasteiger partial charge in [-0.25, -0.2) is 4.98 Å². The van der Waals surface area contributed by atoms with E-state index in [0.29, 0.717) is 11.9 Å². The van der Waals surface area contributed by atoms with Crippen LogP contribution in [0.5, 0.6) is 0 Å². The molecule has 2 N–H and O–H groups in total. The molecule has 1 aromatic rings. The molecule has 1 fully saturated rings. The first kappa shape index (κ1) is 16.0. The van der Waals surface area contributed by atoms with Crippen molar-refractivity contribution >= 4 is 11.8 Å². The molecule has 0 unspecified atom stereocenters. The Kier molecular flexibility index (Phi) is 6.20. The molecule has 1 saturated heterocycles. The molecule has 0 atom stereocenters. The summed E-state index contributed by atoms with van der Waals surface area (Å²) in [6, 6.07) is 1.99.